The van der Waals surface area contributed by atoms with E-state index in [9.17, 15) is 14.0 Å². The van der Waals surface area contributed by atoms with E-state index in [0.29, 0.717) is 45.9 Å². The van der Waals surface area contributed by atoms with Crippen LogP contribution in [0.2, 0.25) is 10.0 Å². The van der Waals surface area contributed by atoms with Gasteiger partial charge in [0.05, 0.1) is 17.2 Å². The Balaban J connectivity index is 1.89. The highest BCUT2D eigenvalue weighted by molar-refractivity contribution is 6.36. The molecule has 0 bridgehead atoms. The minimum Gasteiger partial charge on any atom is -0.493 e. The molecule has 3 rings (SSSR count). The topological polar surface area (TPSA) is 55.4 Å². The summed E-state index contributed by atoms with van der Waals surface area (Å²) < 4.78 is 19.7. The minimum absolute atomic E-state index is 0.167. The van der Waals surface area contributed by atoms with Gasteiger partial charge < -0.3 is 10.1 Å². The molecule has 3 aromatic rings. The van der Waals surface area contributed by atoms with Crippen LogP contribution in [0.3, 0.4) is 0 Å². The number of hydrogen-bond donors (Lipinski definition) is 1. The lowest BCUT2D eigenvalue weighted by Gasteiger charge is -2.14. The average Bonchev–Trinajstić information content (AvgIpc) is 2.75. The van der Waals surface area contributed by atoms with Crippen LogP contribution in [0.5, 0.6) is 5.75 Å². The normalized spacial score (nSPS) is 10.6. The molecule has 0 aromatic heterocycles. The first-order valence-corrected chi connectivity index (χ1v) is 10.4. The third-order valence-electron chi connectivity index (χ3n) is 4.53. The SMILES string of the molecule is CCCOc1ccc(-c2cc(F)cc(C=O)c2)cc1CNC(=O)c1ccc(Cl)cc1Cl. The molecule has 0 atom stereocenters. The summed E-state index contributed by atoms with van der Waals surface area (Å²) in [6.45, 7) is 2.67. The molecule has 0 spiro atoms. The first kappa shape index (κ1) is 22.8. The van der Waals surface area contributed by atoms with Crippen LogP contribution in [0.25, 0.3) is 11.1 Å². The summed E-state index contributed by atoms with van der Waals surface area (Å²) in [5, 5.41) is 3.52. The molecule has 0 fully saturated rings. The van der Waals surface area contributed by atoms with Crippen LogP contribution in [0.1, 0.15) is 39.6 Å². The average molecular weight is 460 g/mol. The predicted molar refractivity (Wildman–Crippen MR) is 121 cm³/mol. The zero-order valence-corrected chi connectivity index (χ0v) is 18.3. The maximum Gasteiger partial charge on any atom is 0.253 e. The zero-order chi connectivity index (χ0) is 22.4. The molecule has 0 aliphatic carbocycles. The molecule has 0 heterocycles. The van der Waals surface area contributed by atoms with Crippen molar-refractivity contribution in [3.05, 3.63) is 87.2 Å². The smallest absolute Gasteiger partial charge is 0.253 e. The Labute approximate surface area is 189 Å². The summed E-state index contributed by atoms with van der Waals surface area (Å²) in [7, 11) is 0. The monoisotopic (exact) mass is 459 g/mol. The van der Waals surface area contributed by atoms with Crippen molar-refractivity contribution in [3.8, 4) is 16.9 Å². The number of halogens is 3. The van der Waals surface area contributed by atoms with E-state index >= 15 is 0 Å². The Bertz CT molecular complexity index is 1120. The van der Waals surface area contributed by atoms with Crippen molar-refractivity contribution in [3.63, 3.8) is 0 Å². The van der Waals surface area contributed by atoms with Gasteiger partial charge in [0.1, 0.15) is 17.9 Å². The summed E-state index contributed by atoms with van der Waals surface area (Å²) in [6.07, 6.45) is 1.42. The van der Waals surface area contributed by atoms with Gasteiger partial charge in [-0.3, -0.25) is 9.59 Å². The Hall–Kier alpha value is -2.89. The molecular formula is C24H20Cl2FNO3. The number of amides is 1. The molecular weight excluding hydrogens is 440 g/mol. The van der Waals surface area contributed by atoms with Crippen LogP contribution < -0.4 is 10.1 Å². The minimum atomic E-state index is -0.502. The number of carbonyl (C=O) groups is 2. The number of nitrogens with one attached hydrogen (secondary N) is 1. The second kappa shape index (κ2) is 10.4. The number of hydrogen-bond acceptors (Lipinski definition) is 3. The van der Waals surface area contributed by atoms with E-state index in [1.165, 1.54) is 18.2 Å². The Morgan fingerprint density at radius 1 is 1.06 bits per heavy atom. The molecule has 160 valence electrons. The van der Waals surface area contributed by atoms with Crippen molar-refractivity contribution in [2.75, 3.05) is 6.61 Å². The fourth-order valence-electron chi connectivity index (χ4n) is 3.04. The lowest BCUT2D eigenvalue weighted by atomic mass is 10.0. The highest BCUT2D eigenvalue weighted by atomic mass is 35.5. The summed E-state index contributed by atoms with van der Waals surface area (Å²) in [5.41, 5.74) is 2.51. The van der Waals surface area contributed by atoms with Gasteiger partial charge in [-0.2, -0.15) is 0 Å². The predicted octanol–water partition coefficient (Wildman–Crippen LogP) is 6.33. The van der Waals surface area contributed by atoms with Crippen molar-refractivity contribution in [1.29, 1.82) is 0 Å². The summed E-state index contributed by atoms with van der Waals surface area (Å²) in [4.78, 5) is 23.7. The van der Waals surface area contributed by atoms with Gasteiger partial charge in [-0.05, 0) is 66.1 Å². The van der Waals surface area contributed by atoms with Crippen molar-refractivity contribution >= 4 is 35.4 Å². The van der Waals surface area contributed by atoms with Crippen LogP contribution >= 0.6 is 23.2 Å². The maximum atomic E-state index is 13.9. The number of carbonyl (C=O) groups excluding carboxylic acids is 2. The number of aldehydes is 1. The molecule has 4 nitrogen and oxygen atoms in total. The highest BCUT2D eigenvalue weighted by Crippen LogP contribution is 2.29. The zero-order valence-electron chi connectivity index (χ0n) is 16.8. The Morgan fingerprint density at radius 3 is 2.58 bits per heavy atom. The molecule has 1 amide bonds. The molecule has 3 aromatic carbocycles. The van der Waals surface area contributed by atoms with Crippen LogP contribution in [0.15, 0.2) is 54.6 Å². The van der Waals surface area contributed by atoms with E-state index in [4.69, 9.17) is 27.9 Å². The first-order chi connectivity index (χ1) is 14.9. The fraction of sp³-hybridized carbons (Fsp3) is 0.167. The van der Waals surface area contributed by atoms with Crippen LogP contribution in [0, 0.1) is 5.82 Å². The quantitative estimate of drug-likeness (QED) is 0.400. The van der Waals surface area contributed by atoms with Gasteiger partial charge in [-0.1, -0.05) is 36.2 Å². The molecule has 1 N–H and O–H groups in total. The summed E-state index contributed by atoms with van der Waals surface area (Å²) in [5.74, 6) is -0.249. The second-order valence-electron chi connectivity index (χ2n) is 6.87. The third kappa shape index (κ3) is 5.84. The van der Waals surface area contributed by atoms with Gasteiger partial charge in [-0.25, -0.2) is 4.39 Å². The standard InChI is InChI=1S/C24H20Cl2FNO3/c1-2-7-31-23-6-3-16(17-8-15(14-29)9-20(27)11-17)10-18(23)13-28-24(30)21-5-4-19(25)12-22(21)26/h3-6,8-12,14H,2,7,13H2,1H3,(H,28,30). The molecule has 0 radical (unpaired) electrons. The highest BCUT2D eigenvalue weighted by Gasteiger charge is 2.13. The van der Waals surface area contributed by atoms with Crippen molar-refractivity contribution in [2.24, 2.45) is 0 Å². The van der Waals surface area contributed by atoms with Crippen LogP contribution in [-0.2, 0) is 6.54 Å². The van der Waals surface area contributed by atoms with Gasteiger partial charge in [0.25, 0.3) is 5.91 Å². The van der Waals surface area contributed by atoms with Crippen LogP contribution in [0.4, 0.5) is 4.39 Å². The molecule has 0 unspecified atom stereocenters. The Morgan fingerprint density at radius 2 is 1.87 bits per heavy atom. The van der Waals surface area contributed by atoms with E-state index in [0.717, 1.165) is 6.42 Å². The fourth-order valence-corrected chi connectivity index (χ4v) is 3.54. The van der Waals surface area contributed by atoms with E-state index in [1.807, 2.05) is 6.92 Å². The number of benzene rings is 3. The molecule has 0 aliphatic heterocycles. The van der Waals surface area contributed by atoms with Gasteiger partial charge in [0, 0.05) is 22.7 Å². The largest absolute Gasteiger partial charge is 0.493 e. The van der Waals surface area contributed by atoms with Gasteiger partial charge >= 0.3 is 0 Å². The third-order valence-corrected chi connectivity index (χ3v) is 5.07. The summed E-state index contributed by atoms with van der Waals surface area (Å²) >= 11 is 12.0. The molecule has 7 heteroatoms. The molecule has 0 aliphatic rings. The van der Waals surface area contributed by atoms with Crippen molar-refractivity contribution in [2.45, 2.75) is 19.9 Å². The van der Waals surface area contributed by atoms with Crippen molar-refractivity contribution in [1.82, 2.24) is 5.32 Å². The Kier molecular flexibility index (Phi) is 7.66. The van der Waals surface area contributed by atoms with E-state index < -0.39 is 5.82 Å². The maximum absolute atomic E-state index is 13.9. The van der Waals surface area contributed by atoms with E-state index in [1.54, 1.807) is 36.4 Å². The van der Waals surface area contributed by atoms with Gasteiger partial charge in [-0.15, -0.1) is 0 Å². The van der Waals surface area contributed by atoms with E-state index in [-0.39, 0.29) is 23.0 Å². The number of rotatable bonds is 8. The second-order valence-corrected chi connectivity index (χ2v) is 7.71. The first-order valence-electron chi connectivity index (χ1n) is 9.66. The van der Waals surface area contributed by atoms with Gasteiger partial charge in [0.15, 0.2) is 0 Å². The lowest BCUT2D eigenvalue weighted by molar-refractivity contribution is 0.0950. The molecule has 0 saturated carbocycles. The van der Waals surface area contributed by atoms with Crippen molar-refractivity contribution < 1.29 is 18.7 Å². The van der Waals surface area contributed by atoms with E-state index in [2.05, 4.69) is 5.32 Å². The lowest BCUT2D eigenvalue weighted by Crippen LogP contribution is -2.23. The number of ether oxygens (including phenoxy) is 1. The van der Waals surface area contributed by atoms with Gasteiger partial charge in [0.2, 0.25) is 0 Å². The summed E-state index contributed by atoms with van der Waals surface area (Å²) in [6, 6.07) is 14.1. The van der Waals surface area contributed by atoms with Crippen LogP contribution in [-0.4, -0.2) is 18.8 Å². The molecule has 0 saturated heterocycles. The molecule has 31 heavy (non-hydrogen) atoms.